The molecule has 2 N–H and O–H groups in total. The number of halogens is 2. The van der Waals surface area contributed by atoms with E-state index in [0.717, 1.165) is 12.1 Å². The molecule has 0 saturated heterocycles. The second-order valence-electron chi connectivity index (χ2n) is 4.63. The Balaban J connectivity index is 2.32. The van der Waals surface area contributed by atoms with Crippen molar-refractivity contribution in [1.82, 2.24) is 0 Å². The van der Waals surface area contributed by atoms with E-state index in [9.17, 15) is 17.6 Å². The van der Waals surface area contributed by atoms with Gasteiger partial charge in [0.15, 0.2) is 11.6 Å². The van der Waals surface area contributed by atoms with E-state index < -0.39 is 21.8 Å². The zero-order valence-corrected chi connectivity index (χ0v) is 14.8. The molecule has 0 aromatic heterocycles. The van der Waals surface area contributed by atoms with Crippen molar-refractivity contribution in [1.29, 1.82) is 0 Å². The molecular formula is C15H13BrFNO5S. The van der Waals surface area contributed by atoms with Crippen LogP contribution < -0.4 is 9.46 Å². The van der Waals surface area contributed by atoms with Gasteiger partial charge in [0.05, 0.1) is 17.9 Å². The van der Waals surface area contributed by atoms with Gasteiger partial charge in [0.1, 0.15) is 4.90 Å². The summed E-state index contributed by atoms with van der Waals surface area (Å²) in [6, 6.07) is 7.18. The van der Waals surface area contributed by atoms with Gasteiger partial charge < -0.3 is 9.84 Å². The highest BCUT2D eigenvalue weighted by Crippen LogP contribution is 2.27. The number of anilines is 1. The molecule has 0 bridgehead atoms. The lowest BCUT2D eigenvalue weighted by molar-refractivity contribution is 0.0696. The lowest BCUT2D eigenvalue weighted by Gasteiger charge is -2.11. The molecule has 0 amide bonds. The van der Waals surface area contributed by atoms with Gasteiger partial charge in [-0.1, -0.05) is 0 Å². The lowest BCUT2D eigenvalue weighted by atomic mass is 10.2. The highest BCUT2D eigenvalue weighted by Gasteiger charge is 2.20. The second kappa shape index (κ2) is 7.18. The summed E-state index contributed by atoms with van der Waals surface area (Å²) in [4.78, 5) is 10.7. The molecule has 0 heterocycles. The van der Waals surface area contributed by atoms with E-state index in [1.54, 1.807) is 6.92 Å². The number of rotatable bonds is 6. The molecule has 6 nitrogen and oxygen atoms in total. The van der Waals surface area contributed by atoms with Crippen molar-refractivity contribution in [3.05, 3.63) is 52.3 Å². The normalized spacial score (nSPS) is 11.1. The summed E-state index contributed by atoms with van der Waals surface area (Å²) in [6.45, 7) is 1.99. The number of carboxylic acids is 1. The van der Waals surface area contributed by atoms with Gasteiger partial charge in [0.25, 0.3) is 10.0 Å². The molecular weight excluding hydrogens is 405 g/mol. The molecule has 24 heavy (non-hydrogen) atoms. The Morgan fingerprint density at radius 3 is 2.54 bits per heavy atom. The topological polar surface area (TPSA) is 92.7 Å². The van der Waals surface area contributed by atoms with Crippen LogP contribution in [0.2, 0.25) is 0 Å². The zero-order valence-electron chi connectivity index (χ0n) is 12.4. The molecule has 2 aromatic rings. The first-order valence-corrected chi connectivity index (χ1v) is 9.00. The van der Waals surface area contributed by atoms with Crippen molar-refractivity contribution in [3.63, 3.8) is 0 Å². The standard InChI is InChI=1S/C15H13BrFNO5S/c1-2-23-13-5-4-10(8-12(13)17)18-24(21,22)14-6-3-9(15(19)20)7-11(14)16/h3-8,18H,2H2,1H3,(H,19,20). The van der Waals surface area contributed by atoms with Crippen LogP contribution in [0.3, 0.4) is 0 Å². The molecule has 128 valence electrons. The van der Waals surface area contributed by atoms with Crippen molar-refractivity contribution in [3.8, 4) is 5.75 Å². The summed E-state index contributed by atoms with van der Waals surface area (Å²) >= 11 is 3.03. The molecule has 0 unspecified atom stereocenters. The fraction of sp³-hybridized carbons (Fsp3) is 0.133. The molecule has 0 radical (unpaired) electrons. The number of carbonyl (C=O) groups is 1. The number of hydrogen-bond acceptors (Lipinski definition) is 4. The van der Waals surface area contributed by atoms with Crippen LogP contribution in [0.4, 0.5) is 10.1 Å². The van der Waals surface area contributed by atoms with Crippen LogP contribution >= 0.6 is 15.9 Å². The van der Waals surface area contributed by atoms with Crippen LogP contribution in [0.5, 0.6) is 5.75 Å². The van der Waals surface area contributed by atoms with Crippen LogP contribution in [-0.4, -0.2) is 26.1 Å². The Hall–Kier alpha value is -2.13. The van der Waals surface area contributed by atoms with Gasteiger partial charge in [-0.15, -0.1) is 0 Å². The minimum absolute atomic E-state index is 0.0187. The maximum Gasteiger partial charge on any atom is 0.335 e. The summed E-state index contributed by atoms with van der Waals surface area (Å²) in [6.07, 6.45) is 0. The Morgan fingerprint density at radius 2 is 2.00 bits per heavy atom. The van der Waals surface area contributed by atoms with E-state index in [1.807, 2.05) is 0 Å². The number of carboxylic acid groups (broad SMARTS) is 1. The van der Waals surface area contributed by atoms with Crippen molar-refractivity contribution in [2.24, 2.45) is 0 Å². The summed E-state index contributed by atoms with van der Waals surface area (Å²) in [5.41, 5.74) is -0.0434. The quantitative estimate of drug-likeness (QED) is 0.750. The van der Waals surface area contributed by atoms with Gasteiger partial charge in [-0.05, 0) is 53.2 Å². The average molecular weight is 418 g/mol. The van der Waals surface area contributed by atoms with Crippen LogP contribution in [0.1, 0.15) is 17.3 Å². The molecule has 0 spiro atoms. The van der Waals surface area contributed by atoms with Gasteiger partial charge in [0.2, 0.25) is 0 Å². The van der Waals surface area contributed by atoms with Gasteiger partial charge in [-0.3, -0.25) is 4.72 Å². The predicted molar refractivity (Wildman–Crippen MR) is 89.5 cm³/mol. The predicted octanol–water partition coefficient (Wildman–Crippen LogP) is 3.49. The first-order chi connectivity index (χ1) is 11.2. The second-order valence-corrected chi connectivity index (χ2v) is 7.14. The summed E-state index contributed by atoms with van der Waals surface area (Å²) < 4.78 is 45.9. The SMILES string of the molecule is CCOc1ccc(NS(=O)(=O)c2ccc(C(=O)O)cc2Br)cc1F. The van der Waals surface area contributed by atoms with Gasteiger partial charge in [0, 0.05) is 10.5 Å². The monoisotopic (exact) mass is 417 g/mol. The number of sulfonamides is 1. The van der Waals surface area contributed by atoms with Gasteiger partial charge >= 0.3 is 5.97 Å². The Morgan fingerprint density at radius 1 is 1.29 bits per heavy atom. The first kappa shape index (κ1) is 18.2. The molecule has 2 rings (SSSR count). The summed E-state index contributed by atoms with van der Waals surface area (Å²) in [5.74, 6) is -1.86. The molecule has 0 aliphatic carbocycles. The molecule has 0 atom stereocenters. The largest absolute Gasteiger partial charge is 0.491 e. The van der Waals surface area contributed by atoms with Gasteiger partial charge in [-0.25, -0.2) is 17.6 Å². The number of nitrogens with one attached hydrogen (secondary N) is 1. The maximum absolute atomic E-state index is 13.8. The third-order valence-electron chi connectivity index (χ3n) is 2.95. The molecule has 0 fully saturated rings. The molecule has 0 saturated carbocycles. The zero-order chi connectivity index (χ0) is 17.9. The van der Waals surface area contributed by atoms with Crippen molar-refractivity contribution in [2.75, 3.05) is 11.3 Å². The number of hydrogen-bond donors (Lipinski definition) is 2. The fourth-order valence-electron chi connectivity index (χ4n) is 1.90. The summed E-state index contributed by atoms with van der Waals surface area (Å²) in [5, 5.41) is 8.90. The average Bonchev–Trinajstić information content (AvgIpc) is 2.49. The summed E-state index contributed by atoms with van der Waals surface area (Å²) in [7, 11) is -4.03. The van der Waals surface area contributed by atoms with Crippen LogP contribution in [0, 0.1) is 5.82 Å². The highest BCUT2D eigenvalue weighted by atomic mass is 79.9. The molecule has 0 aliphatic rings. The van der Waals surface area contributed by atoms with Gasteiger partial charge in [-0.2, -0.15) is 0 Å². The maximum atomic E-state index is 13.8. The van der Waals surface area contributed by atoms with Crippen LogP contribution in [0.15, 0.2) is 45.8 Å². The fourth-order valence-corrected chi connectivity index (χ4v) is 4.03. The van der Waals surface area contributed by atoms with Crippen molar-refractivity contribution < 1.29 is 27.4 Å². The smallest absolute Gasteiger partial charge is 0.335 e. The number of ether oxygens (including phenoxy) is 1. The highest BCUT2D eigenvalue weighted by molar-refractivity contribution is 9.10. The third kappa shape index (κ3) is 4.04. The molecule has 9 heteroatoms. The van der Waals surface area contributed by atoms with E-state index in [4.69, 9.17) is 9.84 Å². The minimum atomic E-state index is -4.03. The van der Waals surface area contributed by atoms with Crippen molar-refractivity contribution >= 4 is 37.6 Å². The van der Waals surface area contributed by atoms with E-state index in [2.05, 4.69) is 20.7 Å². The number of benzene rings is 2. The number of aromatic carboxylic acids is 1. The van der Waals surface area contributed by atoms with E-state index >= 15 is 0 Å². The Labute approximate surface area is 146 Å². The lowest BCUT2D eigenvalue weighted by Crippen LogP contribution is -2.14. The van der Waals surface area contributed by atoms with E-state index in [-0.39, 0.29) is 33.0 Å². The Kier molecular flexibility index (Phi) is 5.45. The van der Waals surface area contributed by atoms with Crippen LogP contribution in [-0.2, 0) is 10.0 Å². The molecule has 2 aromatic carbocycles. The Bertz CT molecular complexity index is 885. The first-order valence-electron chi connectivity index (χ1n) is 6.72. The van der Waals surface area contributed by atoms with E-state index in [0.29, 0.717) is 0 Å². The third-order valence-corrected chi connectivity index (χ3v) is 5.31. The van der Waals surface area contributed by atoms with Crippen LogP contribution in [0.25, 0.3) is 0 Å². The minimum Gasteiger partial charge on any atom is -0.491 e. The van der Waals surface area contributed by atoms with E-state index in [1.165, 1.54) is 24.3 Å². The molecule has 0 aliphatic heterocycles. The van der Waals surface area contributed by atoms with Crippen molar-refractivity contribution in [2.45, 2.75) is 11.8 Å².